The average Bonchev–Trinajstić information content (AvgIpc) is 3.03. The largest absolute Gasteiger partial charge is 0.508 e. The van der Waals surface area contributed by atoms with Gasteiger partial charge in [0.15, 0.2) is 0 Å². The van der Waals surface area contributed by atoms with Crippen LogP contribution in [-0.2, 0) is 16.0 Å². The summed E-state index contributed by atoms with van der Waals surface area (Å²) in [4.78, 5) is 14.1. The van der Waals surface area contributed by atoms with Crippen LogP contribution in [0.3, 0.4) is 0 Å². The van der Waals surface area contributed by atoms with E-state index in [0.717, 1.165) is 79.0 Å². The zero-order valence-corrected chi connectivity index (χ0v) is 26.3. The average molecular weight is 624 g/mol. The summed E-state index contributed by atoms with van der Waals surface area (Å²) in [5.74, 6) is 0.879. The van der Waals surface area contributed by atoms with Crippen molar-refractivity contribution in [2.45, 2.75) is 68.3 Å². The lowest BCUT2D eigenvalue weighted by molar-refractivity contribution is -0.223. The van der Waals surface area contributed by atoms with Crippen LogP contribution >= 0.6 is 11.8 Å². The molecule has 1 aromatic carbocycles. The fourth-order valence-corrected chi connectivity index (χ4v) is 8.74. The number of ether oxygens (including phenoxy) is 2. The third kappa shape index (κ3) is 6.83. The van der Waals surface area contributed by atoms with Crippen LogP contribution in [0.4, 0.5) is 0 Å². The van der Waals surface area contributed by atoms with Crippen molar-refractivity contribution in [2.24, 2.45) is 22.9 Å². The van der Waals surface area contributed by atoms with Crippen molar-refractivity contribution >= 4 is 17.5 Å². The molecule has 10 heteroatoms. The molecule has 6 unspecified atom stereocenters. The lowest BCUT2D eigenvalue weighted by Crippen LogP contribution is -2.64. The molecule has 1 fully saturated rings. The van der Waals surface area contributed by atoms with Crippen LogP contribution < -0.4 is 4.74 Å². The van der Waals surface area contributed by atoms with E-state index >= 15 is 0 Å². The van der Waals surface area contributed by atoms with Crippen LogP contribution in [0.15, 0.2) is 66.2 Å². The molecule has 3 N–H and O–H groups in total. The smallest absolute Gasteiger partial charge is 0.230 e. The van der Waals surface area contributed by atoms with Gasteiger partial charge in [0.2, 0.25) is 5.79 Å². The number of rotatable bonds is 16. The number of oxime groups is 1. The van der Waals surface area contributed by atoms with Crippen LogP contribution in [0.25, 0.3) is 0 Å². The van der Waals surface area contributed by atoms with Gasteiger partial charge in [-0.15, -0.1) is 6.58 Å². The van der Waals surface area contributed by atoms with Gasteiger partial charge in [0.1, 0.15) is 18.6 Å². The highest BCUT2D eigenvalue weighted by molar-refractivity contribution is 8.00. The molecule has 2 aliphatic carbocycles. The molecule has 0 radical (unpaired) electrons. The van der Waals surface area contributed by atoms with Gasteiger partial charge in [-0.25, -0.2) is 0 Å². The highest BCUT2D eigenvalue weighted by atomic mass is 32.2. The standard InChI is InChI=1S/C34H45N3O6S/c1-3-17-42-34-31(44-18-12-24-22-35-13-14-36-24)21-29(37-41-2)27-19-23(8-4-6-15-38)26(9-5-7-16-39)32(33(27)34)28-20-25(40)10-11-30(28)43-34/h3,10-11,13-14,19-20,22-23,26,31-33,38-40H,1,4-9,12,15-18,21H2,2H3. The van der Waals surface area contributed by atoms with E-state index in [-0.39, 0.29) is 47.9 Å². The Labute approximate surface area is 264 Å². The number of nitrogens with zero attached hydrogens (tertiary/aromatic N) is 3. The quantitative estimate of drug-likeness (QED) is 0.128. The molecule has 3 aliphatic rings. The first kappa shape index (κ1) is 32.5. The number of aryl methyl sites for hydroxylation is 1. The lowest BCUT2D eigenvalue weighted by atomic mass is 9.56. The molecule has 1 aliphatic heterocycles. The summed E-state index contributed by atoms with van der Waals surface area (Å²) >= 11 is 1.79. The van der Waals surface area contributed by atoms with Crippen LogP contribution in [0, 0.1) is 17.8 Å². The minimum Gasteiger partial charge on any atom is -0.508 e. The first-order valence-electron chi connectivity index (χ1n) is 15.7. The van der Waals surface area contributed by atoms with E-state index in [1.165, 1.54) is 0 Å². The van der Waals surface area contributed by atoms with Gasteiger partial charge in [-0.1, -0.05) is 30.1 Å². The number of phenols is 1. The molecule has 238 valence electrons. The SMILES string of the molecule is C=CCOC12Oc3ccc(O)cc3C3C(CCCCO)C(CCCCO)C=C(C(=NOC)CC1SCCc1cnccn1)C32. The highest BCUT2D eigenvalue weighted by Gasteiger charge is 2.63. The summed E-state index contributed by atoms with van der Waals surface area (Å²) in [6.45, 7) is 4.59. The predicted octanol–water partition coefficient (Wildman–Crippen LogP) is 5.42. The summed E-state index contributed by atoms with van der Waals surface area (Å²) in [6, 6.07) is 5.39. The van der Waals surface area contributed by atoms with Crippen LogP contribution in [0.5, 0.6) is 11.5 Å². The number of aliphatic hydroxyl groups is 2. The summed E-state index contributed by atoms with van der Waals surface area (Å²) in [5.41, 5.74) is 3.87. The van der Waals surface area contributed by atoms with E-state index in [2.05, 4.69) is 27.8 Å². The minimum atomic E-state index is -1.01. The van der Waals surface area contributed by atoms with Crippen LogP contribution in [0.2, 0.25) is 0 Å². The molecule has 1 saturated carbocycles. The Morgan fingerprint density at radius 3 is 2.70 bits per heavy atom. The number of hydrogen-bond donors (Lipinski definition) is 3. The van der Waals surface area contributed by atoms with E-state index in [9.17, 15) is 15.3 Å². The first-order chi connectivity index (χ1) is 21.6. The summed E-state index contributed by atoms with van der Waals surface area (Å²) in [6.07, 6.45) is 15.8. The van der Waals surface area contributed by atoms with E-state index in [0.29, 0.717) is 13.0 Å². The monoisotopic (exact) mass is 623 g/mol. The molecular weight excluding hydrogens is 578 g/mol. The normalized spacial score (nSPS) is 28.0. The third-order valence-electron chi connectivity index (χ3n) is 9.13. The van der Waals surface area contributed by atoms with Gasteiger partial charge >= 0.3 is 0 Å². The zero-order valence-electron chi connectivity index (χ0n) is 25.5. The number of aromatic nitrogens is 2. The molecule has 2 heterocycles. The Morgan fingerprint density at radius 1 is 1.16 bits per heavy atom. The van der Waals surface area contributed by atoms with Crippen molar-refractivity contribution in [1.82, 2.24) is 9.97 Å². The number of hydrogen-bond acceptors (Lipinski definition) is 10. The van der Waals surface area contributed by atoms with Crippen molar-refractivity contribution in [3.8, 4) is 11.5 Å². The Kier molecular flexibility index (Phi) is 11.4. The first-order valence-corrected chi connectivity index (χ1v) is 16.8. The molecule has 0 spiro atoms. The molecule has 0 amide bonds. The number of allylic oxidation sites excluding steroid dienone is 1. The number of unbranched alkanes of at least 4 members (excludes halogenated alkanes) is 2. The van der Waals surface area contributed by atoms with Gasteiger partial charge < -0.3 is 29.6 Å². The summed E-state index contributed by atoms with van der Waals surface area (Å²) in [7, 11) is 1.58. The second kappa shape index (κ2) is 15.4. The zero-order chi connectivity index (χ0) is 30.9. The van der Waals surface area contributed by atoms with Crippen molar-refractivity contribution in [3.63, 3.8) is 0 Å². The fourth-order valence-electron chi connectivity index (χ4n) is 7.36. The summed E-state index contributed by atoms with van der Waals surface area (Å²) in [5, 5.41) is 34.4. The molecular formula is C34H45N3O6S. The van der Waals surface area contributed by atoms with Crippen LogP contribution in [0.1, 0.15) is 62.1 Å². The topological polar surface area (TPSA) is 127 Å². The molecule has 44 heavy (non-hydrogen) atoms. The number of phenolic OH excluding ortho intramolecular Hbond substituents is 1. The Balaban J connectivity index is 1.63. The maximum absolute atomic E-state index is 10.7. The highest BCUT2D eigenvalue weighted by Crippen LogP contribution is 2.62. The van der Waals surface area contributed by atoms with E-state index in [4.69, 9.17) is 14.3 Å². The van der Waals surface area contributed by atoms with E-state index < -0.39 is 5.79 Å². The van der Waals surface area contributed by atoms with Gasteiger partial charge in [0, 0.05) is 56.1 Å². The van der Waals surface area contributed by atoms with Crippen molar-refractivity contribution < 1.29 is 29.6 Å². The van der Waals surface area contributed by atoms with Crippen LogP contribution in [-0.4, -0.2) is 74.7 Å². The molecule has 9 nitrogen and oxygen atoms in total. The minimum absolute atomic E-state index is 0.0288. The second-order valence-electron chi connectivity index (χ2n) is 11.8. The number of aliphatic hydroxyl groups excluding tert-OH is 2. The van der Waals surface area contributed by atoms with Gasteiger partial charge in [0.25, 0.3) is 0 Å². The third-order valence-corrected chi connectivity index (χ3v) is 10.5. The Hall–Kier alpha value is -2.92. The molecule has 1 aromatic heterocycles. The van der Waals surface area contributed by atoms with E-state index in [1.807, 2.05) is 12.1 Å². The van der Waals surface area contributed by atoms with Crippen molar-refractivity contribution in [1.29, 1.82) is 0 Å². The molecule has 5 rings (SSSR count). The molecule has 0 saturated heterocycles. The molecule has 2 aromatic rings. The van der Waals surface area contributed by atoms with Gasteiger partial charge in [-0.3, -0.25) is 9.97 Å². The maximum Gasteiger partial charge on any atom is 0.230 e. The number of benzene rings is 1. The number of thioether (sulfide) groups is 1. The number of aromatic hydroxyl groups is 1. The van der Waals surface area contributed by atoms with Gasteiger partial charge in [0.05, 0.1) is 29.2 Å². The van der Waals surface area contributed by atoms with Crippen molar-refractivity contribution in [2.75, 3.05) is 32.7 Å². The molecule has 6 atom stereocenters. The van der Waals surface area contributed by atoms with E-state index in [1.54, 1.807) is 49.6 Å². The fraction of sp³-hybridized carbons (Fsp3) is 0.559. The van der Waals surface area contributed by atoms with Gasteiger partial charge in [-0.2, -0.15) is 11.8 Å². The Morgan fingerprint density at radius 2 is 1.98 bits per heavy atom. The predicted molar refractivity (Wildman–Crippen MR) is 172 cm³/mol. The van der Waals surface area contributed by atoms with Crippen molar-refractivity contribution in [3.05, 3.63) is 72.4 Å². The summed E-state index contributed by atoms with van der Waals surface area (Å²) < 4.78 is 13.9. The Bertz CT molecular complexity index is 1310. The maximum atomic E-state index is 10.7. The van der Waals surface area contributed by atoms with Gasteiger partial charge in [-0.05, 0) is 67.0 Å². The molecule has 0 bridgehead atoms. The second-order valence-corrected chi connectivity index (χ2v) is 13.1. The number of fused-ring (bicyclic) bond motifs is 2. The lowest BCUT2D eigenvalue weighted by Gasteiger charge is -2.58.